The standard InChI is InChI=1S/C18H16O5S/c1-12(19)11-15(13-7-3-2-4-8-13)18-17(20)14-9-5-6-10-16(14)23-24(18,21)22/h2-10,15,20H,11H2,1H3. The van der Waals surface area contributed by atoms with Crippen molar-refractivity contribution < 1.29 is 22.5 Å². The first-order valence-electron chi connectivity index (χ1n) is 7.41. The van der Waals surface area contributed by atoms with Gasteiger partial charge in [-0.1, -0.05) is 42.5 Å². The molecule has 2 aromatic carbocycles. The minimum atomic E-state index is -4.20. The van der Waals surface area contributed by atoms with Crippen molar-refractivity contribution in [1.29, 1.82) is 0 Å². The number of Topliss-reactive ketones (excluding diaryl/α,β-unsaturated/α-hetero) is 1. The zero-order chi connectivity index (χ0) is 17.3. The predicted octanol–water partition coefficient (Wildman–Crippen LogP) is 3.40. The average Bonchev–Trinajstić information content (AvgIpc) is 2.53. The lowest BCUT2D eigenvalue weighted by molar-refractivity contribution is -0.117. The van der Waals surface area contributed by atoms with Crippen LogP contribution in [-0.2, 0) is 14.9 Å². The average molecular weight is 344 g/mol. The summed E-state index contributed by atoms with van der Waals surface area (Å²) in [5.41, 5.74) is 0.924. The van der Waals surface area contributed by atoms with E-state index in [1.807, 2.05) is 0 Å². The molecule has 24 heavy (non-hydrogen) atoms. The molecule has 0 aliphatic carbocycles. The lowest BCUT2D eigenvalue weighted by atomic mass is 9.92. The summed E-state index contributed by atoms with van der Waals surface area (Å²) in [6, 6.07) is 15.1. The second kappa shape index (κ2) is 6.13. The number of allylic oxidation sites excluding steroid dienone is 1. The van der Waals surface area contributed by atoms with Crippen molar-refractivity contribution in [1.82, 2.24) is 0 Å². The van der Waals surface area contributed by atoms with Crippen molar-refractivity contribution in [2.24, 2.45) is 0 Å². The fourth-order valence-corrected chi connectivity index (χ4v) is 4.21. The quantitative estimate of drug-likeness (QED) is 0.860. The van der Waals surface area contributed by atoms with Gasteiger partial charge in [-0.3, -0.25) is 4.79 Å². The highest BCUT2D eigenvalue weighted by Crippen LogP contribution is 2.43. The number of hydrogen-bond donors (Lipinski definition) is 1. The lowest BCUT2D eigenvalue weighted by Crippen LogP contribution is -2.24. The van der Waals surface area contributed by atoms with Crippen LogP contribution in [0.2, 0.25) is 0 Å². The van der Waals surface area contributed by atoms with Crippen molar-refractivity contribution in [2.75, 3.05) is 0 Å². The SMILES string of the molecule is CC(=O)CC(C1=C(O)c2ccccc2OS1(=O)=O)c1ccccc1. The van der Waals surface area contributed by atoms with Gasteiger partial charge in [0.25, 0.3) is 0 Å². The maximum absolute atomic E-state index is 12.6. The van der Waals surface area contributed by atoms with E-state index in [0.29, 0.717) is 11.1 Å². The van der Waals surface area contributed by atoms with Gasteiger partial charge in [0.1, 0.15) is 16.4 Å². The zero-order valence-corrected chi connectivity index (χ0v) is 13.8. The molecule has 1 unspecified atom stereocenters. The Hall–Kier alpha value is -2.60. The molecule has 0 bridgehead atoms. The number of hydrogen-bond acceptors (Lipinski definition) is 5. The normalized spacial score (nSPS) is 16.9. The number of aliphatic hydroxyl groups is 1. The van der Waals surface area contributed by atoms with Crippen molar-refractivity contribution >= 4 is 21.7 Å². The van der Waals surface area contributed by atoms with Crippen LogP contribution in [0.3, 0.4) is 0 Å². The third kappa shape index (κ3) is 2.92. The Morgan fingerprint density at radius 3 is 2.38 bits per heavy atom. The van der Waals surface area contributed by atoms with Gasteiger partial charge in [-0.2, -0.15) is 8.42 Å². The van der Waals surface area contributed by atoms with Crippen LogP contribution in [-0.4, -0.2) is 19.3 Å². The Morgan fingerprint density at radius 1 is 1.08 bits per heavy atom. The summed E-state index contributed by atoms with van der Waals surface area (Å²) in [7, 11) is -4.20. The number of ketones is 1. The molecule has 124 valence electrons. The molecule has 1 aliphatic heterocycles. The molecule has 6 heteroatoms. The third-order valence-electron chi connectivity index (χ3n) is 3.85. The molecular weight excluding hydrogens is 328 g/mol. The Bertz CT molecular complexity index is 913. The second-order valence-corrected chi connectivity index (χ2v) is 7.13. The molecular formula is C18H16O5S. The molecule has 1 N–H and O–H groups in total. The Morgan fingerprint density at radius 2 is 1.71 bits per heavy atom. The molecule has 5 nitrogen and oxygen atoms in total. The first kappa shape index (κ1) is 16.3. The van der Waals surface area contributed by atoms with E-state index < -0.39 is 16.0 Å². The Balaban J connectivity index is 2.24. The predicted molar refractivity (Wildman–Crippen MR) is 90.0 cm³/mol. The lowest BCUT2D eigenvalue weighted by Gasteiger charge is -2.25. The van der Waals surface area contributed by atoms with Crippen LogP contribution in [0.1, 0.15) is 30.4 Å². The summed E-state index contributed by atoms with van der Waals surface area (Å²) in [5, 5.41) is 10.6. The van der Waals surface area contributed by atoms with Crippen LogP contribution < -0.4 is 4.18 Å². The van der Waals surface area contributed by atoms with Crippen LogP contribution in [0.5, 0.6) is 5.75 Å². The highest BCUT2D eigenvalue weighted by molar-refractivity contribution is 7.91. The van der Waals surface area contributed by atoms with E-state index in [4.69, 9.17) is 4.18 Å². The fraction of sp³-hybridized carbons (Fsp3) is 0.167. The molecule has 2 aromatic rings. The molecule has 0 spiro atoms. The van der Waals surface area contributed by atoms with Gasteiger partial charge in [-0.15, -0.1) is 0 Å². The summed E-state index contributed by atoms with van der Waals surface area (Å²) >= 11 is 0. The van der Waals surface area contributed by atoms with Crippen molar-refractivity contribution in [2.45, 2.75) is 19.3 Å². The number of rotatable bonds is 4. The van der Waals surface area contributed by atoms with Gasteiger partial charge in [-0.25, -0.2) is 0 Å². The number of para-hydroxylation sites is 1. The highest BCUT2D eigenvalue weighted by atomic mass is 32.2. The van der Waals surface area contributed by atoms with Gasteiger partial charge >= 0.3 is 10.1 Å². The fourth-order valence-electron chi connectivity index (χ4n) is 2.82. The first-order valence-corrected chi connectivity index (χ1v) is 8.82. The van der Waals surface area contributed by atoms with Gasteiger partial charge < -0.3 is 9.29 Å². The minimum absolute atomic E-state index is 0.0475. The summed E-state index contributed by atoms with van der Waals surface area (Å²) in [4.78, 5) is 11.4. The molecule has 0 saturated heterocycles. The number of carbonyl (C=O) groups excluding carboxylic acids is 1. The van der Waals surface area contributed by atoms with E-state index in [9.17, 15) is 18.3 Å². The van der Waals surface area contributed by atoms with Gasteiger partial charge in [-0.05, 0) is 24.6 Å². The molecule has 0 amide bonds. The maximum Gasteiger partial charge on any atom is 0.339 e. The molecule has 3 rings (SSSR count). The minimum Gasteiger partial charge on any atom is -0.506 e. The summed E-state index contributed by atoms with van der Waals surface area (Å²) in [6.45, 7) is 1.39. The van der Waals surface area contributed by atoms with Gasteiger partial charge in [0.2, 0.25) is 0 Å². The van der Waals surface area contributed by atoms with Crippen LogP contribution in [0, 0.1) is 0 Å². The van der Waals surface area contributed by atoms with Crippen molar-refractivity contribution in [3.63, 3.8) is 0 Å². The van der Waals surface area contributed by atoms with Crippen molar-refractivity contribution in [3.05, 3.63) is 70.6 Å². The largest absolute Gasteiger partial charge is 0.506 e. The van der Waals surface area contributed by atoms with E-state index in [-0.39, 0.29) is 28.6 Å². The van der Waals surface area contributed by atoms with E-state index in [1.54, 1.807) is 48.5 Å². The van der Waals surface area contributed by atoms with Crippen LogP contribution in [0.15, 0.2) is 59.5 Å². The molecule has 0 saturated carbocycles. The molecule has 1 atom stereocenters. The number of fused-ring (bicyclic) bond motifs is 1. The van der Waals surface area contributed by atoms with Gasteiger partial charge in [0.05, 0.1) is 5.56 Å². The van der Waals surface area contributed by atoms with E-state index in [0.717, 1.165) is 0 Å². The van der Waals surface area contributed by atoms with E-state index in [2.05, 4.69) is 0 Å². The summed E-state index contributed by atoms with van der Waals surface area (Å²) in [5.74, 6) is -1.28. The molecule has 0 radical (unpaired) electrons. The van der Waals surface area contributed by atoms with Crippen LogP contribution >= 0.6 is 0 Å². The van der Waals surface area contributed by atoms with Gasteiger partial charge in [0.15, 0.2) is 5.75 Å². The van der Waals surface area contributed by atoms with E-state index in [1.165, 1.54) is 13.0 Å². The monoisotopic (exact) mass is 344 g/mol. The maximum atomic E-state index is 12.6. The molecule has 0 aromatic heterocycles. The summed E-state index contributed by atoms with van der Waals surface area (Å²) in [6.07, 6.45) is -0.0475. The summed E-state index contributed by atoms with van der Waals surface area (Å²) < 4.78 is 30.3. The topological polar surface area (TPSA) is 80.7 Å². The number of aliphatic hydroxyl groups excluding tert-OH is 1. The highest BCUT2D eigenvalue weighted by Gasteiger charge is 2.38. The molecule has 0 fully saturated rings. The Kier molecular flexibility index (Phi) is 4.15. The van der Waals surface area contributed by atoms with Crippen LogP contribution in [0.25, 0.3) is 5.76 Å². The van der Waals surface area contributed by atoms with E-state index >= 15 is 0 Å². The van der Waals surface area contributed by atoms with Crippen LogP contribution in [0.4, 0.5) is 0 Å². The Labute approximate surface area is 140 Å². The third-order valence-corrected chi connectivity index (χ3v) is 5.27. The van der Waals surface area contributed by atoms with Gasteiger partial charge in [0, 0.05) is 12.3 Å². The molecule has 1 heterocycles. The number of benzene rings is 2. The van der Waals surface area contributed by atoms with Crippen molar-refractivity contribution in [3.8, 4) is 5.75 Å². The second-order valence-electron chi connectivity index (χ2n) is 5.62. The number of carbonyl (C=O) groups is 1. The first-order chi connectivity index (χ1) is 11.4. The smallest absolute Gasteiger partial charge is 0.339 e. The zero-order valence-electron chi connectivity index (χ0n) is 13.0. The molecule has 1 aliphatic rings.